The van der Waals surface area contributed by atoms with Crippen molar-refractivity contribution in [3.63, 3.8) is 0 Å². The van der Waals surface area contributed by atoms with Gasteiger partial charge in [-0.25, -0.2) is 17.2 Å². The third kappa shape index (κ3) is 3.56. The number of hydrogen-bond donors (Lipinski definition) is 1. The smallest absolute Gasteiger partial charge is 0.263 e. The van der Waals surface area contributed by atoms with Crippen LogP contribution in [0.3, 0.4) is 0 Å². The van der Waals surface area contributed by atoms with Gasteiger partial charge in [0.2, 0.25) is 0 Å². The SMILES string of the molecule is COc1cc(Br)c(S(=O)(=O)Nc2cccc(F)c2F)cc1OC. The summed E-state index contributed by atoms with van der Waals surface area (Å²) in [5, 5.41) is 0. The van der Waals surface area contributed by atoms with E-state index < -0.39 is 27.3 Å². The Bertz CT molecular complexity index is 843. The van der Waals surface area contributed by atoms with Crippen LogP contribution in [0.2, 0.25) is 0 Å². The van der Waals surface area contributed by atoms with Gasteiger partial charge in [0.1, 0.15) is 4.90 Å². The average molecular weight is 408 g/mol. The first-order valence-corrected chi connectivity index (χ1v) is 8.46. The summed E-state index contributed by atoms with van der Waals surface area (Å²) in [6.45, 7) is 0. The zero-order valence-electron chi connectivity index (χ0n) is 12.1. The predicted octanol–water partition coefficient (Wildman–Crippen LogP) is 3.55. The van der Waals surface area contributed by atoms with E-state index in [0.29, 0.717) is 5.75 Å². The summed E-state index contributed by atoms with van der Waals surface area (Å²) in [6.07, 6.45) is 0. The number of sulfonamides is 1. The van der Waals surface area contributed by atoms with Gasteiger partial charge in [0, 0.05) is 10.5 Å². The van der Waals surface area contributed by atoms with Gasteiger partial charge >= 0.3 is 0 Å². The van der Waals surface area contributed by atoms with Gasteiger partial charge in [-0.05, 0) is 34.1 Å². The number of nitrogens with one attached hydrogen (secondary N) is 1. The van der Waals surface area contributed by atoms with Gasteiger partial charge in [0.05, 0.1) is 19.9 Å². The van der Waals surface area contributed by atoms with Gasteiger partial charge in [-0.3, -0.25) is 4.72 Å². The Kier molecular flexibility index (Phi) is 5.10. The van der Waals surface area contributed by atoms with Gasteiger partial charge in [0.15, 0.2) is 23.1 Å². The number of rotatable bonds is 5. The van der Waals surface area contributed by atoms with Crippen molar-refractivity contribution in [3.05, 3.63) is 46.4 Å². The highest BCUT2D eigenvalue weighted by Gasteiger charge is 2.23. The van der Waals surface area contributed by atoms with Crippen LogP contribution >= 0.6 is 15.9 Å². The predicted molar refractivity (Wildman–Crippen MR) is 84.4 cm³/mol. The van der Waals surface area contributed by atoms with E-state index in [1.807, 2.05) is 4.72 Å². The number of benzene rings is 2. The number of hydrogen-bond acceptors (Lipinski definition) is 4. The van der Waals surface area contributed by atoms with Crippen molar-refractivity contribution in [2.45, 2.75) is 4.90 Å². The molecule has 0 spiro atoms. The van der Waals surface area contributed by atoms with Crippen molar-refractivity contribution >= 4 is 31.6 Å². The Balaban J connectivity index is 2.50. The fourth-order valence-electron chi connectivity index (χ4n) is 1.82. The molecule has 2 rings (SSSR count). The fraction of sp³-hybridized carbons (Fsp3) is 0.143. The largest absolute Gasteiger partial charge is 0.493 e. The molecule has 0 amide bonds. The zero-order chi connectivity index (χ0) is 17.2. The third-order valence-electron chi connectivity index (χ3n) is 2.92. The van der Waals surface area contributed by atoms with Crippen molar-refractivity contribution in [1.82, 2.24) is 0 Å². The molecule has 5 nitrogen and oxygen atoms in total. The first kappa shape index (κ1) is 17.5. The Morgan fingerprint density at radius 1 is 1.09 bits per heavy atom. The van der Waals surface area contributed by atoms with Gasteiger partial charge in [-0.15, -0.1) is 0 Å². The summed E-state index contributed by atoms with van der Waals surface area (Å²) < 4.78 is 64.0. The lowest BCUT2D eigenvalue weighted by molar-refractivity contribution is 0.353. The number of ether oxygens (including phenoxy) is 2. The number of methoxy groups -OCH3 is 2. The molecule has 2 aromatic rings. The van der Waals surface area contributed by atoms with Crippen LogP contribution in [0, 0.1) is 11.6 Å². The van der Waals surface area contributed by atoms with E-state index >= 15 is 0 Å². The maximum absolute atomic E-state index is 13.7. The monoisotopic (exact) mass is 407 g/mol. The van der Waals surface area contributed by atoms with Gasteiger partial charge in [-0.1, -0.05) is 6.07 Å². The second kappa shape index (κ2) is 6.71. The fourth-order valence-corrected chi connectivity index (χ4v) is 3.92. The normalized spacial score (nSPS) is 11.2. The van der Waals surface area contributed by atoms with Gasteiger partial charge < -0.3 is 9.47 Å². The Labute approximate surface area is 140 Å². The van der Waals surface area contributed by atoms with Crippen LogP contribution in [0.1, 0.15) is 0 Å². The van der Waals surface area contributed by atoms with Crippen molar-refractivity contribution in [1.29, 1.82) is 0 Å². The van der Waals surface area contributed by atoms with E-state index in [1.165, 1.54) is 32.4 Å². The molecule has 0 aliphatic heterocycles. The minimum absolute atomic E-state index is 0.177. The molecule has 0 saturated heterocycles. The summed E-state index contributed by atoms with van der Waals surface area (Å²) in [7, 11) is -1.43. The minimum atomic E-state index is -4.18. The highest BCUT2D eigenvalue weighted by Crippen LogP contribution is 2.36. The van der Waals surface area contributed by atoms with Crippen LogP contribution in [0.5, 0.6) is 11.5 Å². The summed E-state index contributed by atoms with van der Waals surface area (Å²) in [5.41, 5.74) is -0.494. The van der Waals surface area contributed by atoms with Gasteiger partial charge in [-0.2, -0.15) is 0 Å². The van der Waals surface area contributed by atoms with Crippen LogP contribution in [-0.2, 0) is 10.0 Å². The Morgan fingerprint density at radius 2 is 1.70 bits per heavy atom. The summed E-state index contributed by atoms with van der Waals surface area (Å²) >= 11 is 3.11. The van der Waals surface area contributed by atoms with Crippen molar-refractivity contribution in [2.75, 3.05) is 18.9 Å². The molecular formula is C14H12BrF2NO4S. The lowest BCUT2D eigenvalue weighted by Gasteiger charge is -2.14. The van der Waals surface area contributed by atoms with Gasteiger partial charge in [0.25, 0.3) is 10.0 Å². The second-order valence-electron chi connectivity index (χ2n) is 4.34. The van der Waals surface area contributed by atoms with Crippen LogP contribution in [-0.4, -0.2) is 22.6 Å². The molecule has 0 aliphatic rings. The van der Waals surface area contributed by atoms with E-state index in [0.717, 1.165) is 12.1 Å². The quantitative estimate of drug-likeness (QED) is 0.822. The summed E-state index contributed by atoms with van der Waals surface area (Å²) in [6, 6.07) is 5.81. The second-order valence-corrected chi connectivity index (χ2v) is 6.85. The number of anilines is 1. The number of halogens is 3. The van der Waals surface area contributed by atoms with Crippen molar-refractivity contribution < 1.29 is 26.7 Å². The first-order chi connectivity index (χ1) is 10.8. The van der Waals surface area contributed by atoms with Crippen molar-refractivity contribution in [3.8, 4) is 11.5 Å². The lowest BCUT2D eigenvalue weighted by Crippen LogP contribution is -2.15. The molecule has 0 bridgehead atoms. The van der Waals surface area contributed by atoms with Crippen LogP contribution in [0.25, 0.3) is 0 Å². The molecule has 0 heterocycles. The van der Waals surface area contributed by atoms with Crippen LogP contribution in [0.15, 0.2) is 39.7 Å². The molecule has 0 unspecified atom stereocenters. The molecular weight excluding hydrogens is 396 g/mol. The maximum atomic E-state index is 13.7. The molecule has 0 fully saturated rings. The standard InChI is InChI=1S/C14H12BrF2NO4S/c1-21-11-6-8(15)13(7-12(11)22-2)23(19,20)18-10-5-3-4-9(16)14(10)17/h3-7,18H,1-2H3. The molecule has 0 radical (unpaired) electrons. The minimum Gasteiger partial charge on any atom is -0.493 e. The van der Waals surface area contributed by atoms with E-state index in [-0.39, 0.29) is 15.1 Å². The van der Waals surface area contributed by atoms with E-state index in [2.05, 4.69) is 15.9 Å². The molecule has 124 valence electrons. The average Bonchev–Trinajstić information content (AvgIpc) is 2.51. The molecule has 9 heteroatoms. The topological polar surface area (TPSA) is 64.6 Å². The molecule has 0 saturated carbocycles. The summed E-state index contributed by atoms with van der Waals surface area (Å²) in [5.74, 6) is -1.95. The molecule has 0 aliphatic carbocycles. The summed E-state index contributed by atoms with van der Waals surface area (Å²) in [4.78, 5) is -0.209. The van der Waals surface area contributed by atoms with Crippen LogP contribution in [0.4, 0.5) is 14.5 Å². The maximum Gasteiger partial charge on any atom is 0.263 e. The van der Waals surface area contributed by atoms with Crippen LogP contribution < -0.4 is 14.2 Å². The Hall–Kier alpha value is -1.87. The molecule has 0 atom stereocenters. The Morgan fingerprint density at radius 3 is 2.30 bits per heavy atom. The van der Waals surface area contributed by atoms with E-state index in [4.69, 9.17) is 9.47 Å². The van der Waals surface area contributed by atoms with Crippen molar-refractivity contribution in [2.24, 2.45) is 0 Å². The molecule has 0 aromatic heterocycles. The first-order valence-electron chi connectivity index (χ1n) is 6.18. The van der Waals surface area contributed by atoms with E-state index in [9.17, 15) is 17.2 Å². The molecule has 23 heavy (non-hydrogen) atoms. The molecule has 2 aromatic carbocycles. The highest BCUT2D eigenvalue weighted by molar-refractivity contribution is 9.10. The lowest BCUT2D eigenvalue weighted by atomic mass is 10.3. The molecule has 1 N–H and O–H groups in total. The van der Waals surface area contributed by atoms with E-state index in [1.54, 1.807) is 0 Å². The highest BCUT2D eigenvalue weighted by atomic mass is 79.9. The third-order valence-corrected chi connectivity index (χ3v) is 5.25. The zero-order valence-corrected chi connectivity index (χ0v) is 14.5.